The lowest BCUT2D eigenvalue weighted by Gasteiger charge is -2.26. The van der Waals surface area contributed by atoms with Crippen LogP contribution in [0.1, 0.15) is 13.3 Å². The van der Waals surface area contributed by atoms with Gasteiger partial charge in [0.15, 0.2) is 18.1 Å². The van der Waals surface area contributed by atoms with Gasteiger partial charge in [0.1, 0.15) is 5.60 Å². The number of hydrogen-bond acceptors (Lipinski definition) is 5. The Kier molecular flexibility index (Phi) is 5.03. The van der Waals surface area contributed by atoms with Crippen LogP contribution in [0.25, 0.3) is 0 Å². The van der Waals surface area contributed by atoms with E-state index in [1.165, 1.54) is 0 Å². The van der Waals surface area contributed by atoms with E-state index in [0.29, 0.717) is 24.5 Å². The van der Waals surface area contributed by atoms with Crippen LogP contribution >= 0.6 is 0 Å². The second-order valence-corrected chi connectivity index (χ2v) is 5.08. The van der Waals surface area contributed by atoms with E-state index >= 15 is 0 Å². The highest BCUT2D eigenvalue weighted by molar-refractivity contribution is 5.77. The number of rotatable bonds is 6. The third kappa shape index (κ3) is 3.86. The number of nitrogens with one attached hydrogen (secondary N) is 1. The number of amides is 1. The predicted octanol–water partition coefficient (Wildman–Crippen LogP) is 0.730. The lowest BCUT2D eigenvalue weighted by molar-refractivity contribution is -0.124. The number of aliphatic hydroxyl groups is 1. The van der Waals surface area contributed by atoms with Crippen LogP contribution in [0.3, 0.4) is 0 Å². The molecule has 2 N–H and O–H groups in total. The third-order valence-electron chi connectivity index (χ3n) is 3.68. The summed E-state index contributed by atoms with van der Waals surface area (Å²) in [7, 11) is 1.54. The Labute approximate surface area is 124 Å². The number of carbonyl (C=O) groups excluding carboxylic acids is 1. The van der Waals surface area contributed by atoms with Gasteiger partial charge in [0.05, 0.1) is 13.2 Å². The van der Waals surface area contributed by atoms with Gasteiger partial charge in [-0.3, -0.25) is 4.79 Å². The molecule has 1 amide bonds. The monoisotopic (exact) mass is 295 g/mol. The van der Waals surface area contributed by atoms with E-state index in [4.69, 9.17) is 14.2 Å². The fourth-order valence-corrected chi connectivity index (χ4v) is 2.19. The van der Waals surface area contributed by atoms with Crippen LogP contribution < -0.4 is 14.8 Å². The van der Waals surface area contributed by atoms with Crippen molar-refractivity contribution in [1.82, 2.24) is 5.32 Å². The highest BCUT2D eigenvalue weighted by atomic mass is 16.5. The summed E-state index contributed by atoms with van der Waals surface area (Å²) in [6.07, 6.45) is 0.231. The van der Waals surface area contributed by atoms with Crippen molar-refractivity contribution in [3.8, 4) is 11.5 Å². The molecule has 0 spiro atoms. The molecule has 0 bridgehead atoms. The molecule has 1 aliphatic heterocycles. The molecule has 0 radical (unpaired) electrons. The van der Waals surface area contributed by atoms with Gasteiger partial charge in [0.2, 0.25) is 0 Å². The minimum atomic E-state index is -1.000. The van der Waals surface area contributed by atoms with E-state index < -0.39 is 5.60 Å². The maximum absolute atomic E-state index is 11.8. The average molecular weight is 295 g/mol. The number of benzene rings is 1. The molecule has 116 valence electrons. The SMILES string of the molecule is COc1ccccc1OCC(=O)NCC1(O)CCOC1C. The maximum atomic E-state index is 11.8. The summed E-state index contributed by atoms with van der Waals surface area (Å²) < 4.78 is 15.9. The smallest absolute Gasteiger partial charge is 0.258 e. The number of hydrogen-bond donors (Lipinski definition) is 2. The van der Waals surface area contributed by atoms with E-state index in [1.807, 2.05) is 6.07 Å². The Morgan fingerprint density at radius 1 is 1.48 bits per heavy atom. The Balaban J connectivity index is 1.80. The zero-order valence-corrected chi connectivity index (χ0v) is 12.3. The summed E-state index contributed by atoms with van der Waals surface area (Å²) in [5.74, 6) is 0.779. The number of methoxy groups -OCH3 is 1. The van der Waals surface area contributed by atoms with Gasteiger partial charge in [-0.15, -0.1) is 0 Å². The molecule has 1 aromatic rings. The molecule has 0 aliphatic carbocycles. The summed E-state index contributed by atoms with van der Waals surface area (Å²) >= 11 is 0. The third-order valence-corrected chi connectivity index (χ3v) is 3.68. The highest BCUT2D eigenvalue weighted by Gasteiger charge is 2.39. The predicted molar refractivity (Wildman–Crippen MR) is 76.5 cm³/mol. The molecule has 1 aliphatic rings. The normalized spacial score (nSPS) is 24.6. The van der Waals surface area contributed by atoms with Crippen molar-refractivity contribution in [3.05, 3.63) is 24.3 Å². The fraction of sp³-hybridized carbons (Fsp3) is 0.533. The van der Waals surface area contributed by atoms with Crippen LogP contribution in [0.2, 0.25) is 0 Å². The van der Waals surface area contributed by atoms with Crippen molar-refractivity contribution < 1.29 is 24.1 Å². The number of para-hydroxylation sites is 2. The van der Waals surface area contributed by atoms with Crippen LogP contribution in [0.4, 0.5) is 0 Å². The molecule has 6 heteroatoms. The minimum Gasteiger partial charge on any atom is -0.493 e. The zero-order chi connectivity index (χ0) is 15.3. The van der Waals surface area contributed by atoms with Gasteiger partial charge < -0.3 is 24.6 Å². The molecule has 21 heavy (non-hydrogen) atoms. The van der Waals surface area contributed by atoms with Crippen molar-refractivity contribution >= 4 is 5.91 Å². The second-order valence-electron chi connectivity index (χ2n) is 5.08. The van der Waals surface area contributed by atoms with Gasteiger partial charge in [-0.25, -0.2) is 0 Å². The van der Waals surface area contributed by atoms with E-state index in [0.717, 1.165) is 0 Å². The summed E-state index contributed by atoms with van der Waals surface area (Å²) in [4.78, 5) is 11.8. The minimum absolute atomic E-state index is 0.133. The standard InChI is InChI=1S/C15H21NO5/c1-11-15(18,7-8-20-11)10-16-14(17)9-21-13-6-4-3-5-12(13)19-2/h3-6,11,18H,7-10H2,1-2H3,(H,16,17). The lowest BCUT2D eigenvalue weighted by Crippen LogP contribution is -2.48. The Hall–Kier alpha value is -1.79. The topological polar surface area (TPSA) is 77.0 Å². The Bertz CT molecular complexity index is 493. The van der Waals surface area contributed by atoms with Crippen LogP contribution in [0.5, 0.6) is 11.5 Å². The van der Waals surface area contributed by atoms with Crippen molar-refractivity contribution in [3.63, 3.8) is 0 Å². The molecular weight excluding hydrogens is 274 g/mol. The highest BCUT2D eigenvalue weighted by Crippen LogP contribution is 2.26. The maximum Gasteiger partial charge on any atom is 0.258 e. The van der Waals surface area contributed by atoms with Gasteiger partial charge in [-0.05, 0) is 19.1 Å². The molecule has 1 saturated heterocycles. The molecule has 0 saturated carbocycles. The van der Waals surface area contributed by atoms with Gasteiger partial charge in [-0.2, -0.15) is 0 Å². The van der Waals surface area contributed by atoms with Crippen LogP contribution in [0, 0.1) is 0 Å². The van der Waals surface area contributed by atoms with Crippen LogP contribution in [-0.2, 0) is 9.53 Å². The van der Waals surface area contributed by atoms with Gasteiger partial charge in [0, 0.05) is 19.6 Å². The van der Waals surface area contributed by atoms with E-state index in [-0.39, 0.29) is 25.2 Å². The summed E-state index contributed by atoms with van der Waals surface area (Å²) in [5, 5.41) is 12.9. The Morgan fingerprint density at radius 3 is 2.81 bits per heavy atom. The molecule has 2 unspecified atom stereocenters. The molecule has 0 aromatic heterocycles. The van der Waals surface area contributed by atoms with Crippen LogP contribution in [-0.4, -0.2) is 49.6 Å². The molecule has 1 fully saturated rings. The molecule has 2 rings (SSSR count). The van der Waals surface area contributed by atoms with E-state index in [9.17, 15) is 9.90 Å². The Morgan fingerprint density at radius 2 is 2.19 bits per heavy atom. The van der Waals surface area contributed by atoms with Gasteiger partial charge in [0.25, 0.3) is 5.91 Å². The van der Waals surface area contributed by atoms with Crippen molar-refractivity contribution in [2.75, 3.05) is 26.9 Å². The largest absolute Gasteiger partial charge is 0.493 e. The van der Waals surface area contributed by atoms with E-state index in [2.05, 4.69) is 5.32 Å². The molecular formula is C15H21NO5. The quantitative estimate of drug-likeness (QED) is 0.809. The first kappa shape index (κ1) is 15.6. The average Bonchev–Trinajstić information content (AvgIpc) is 2.83. The molecule has 1 heterocycles. The molecule has 1 aromatic carbocycles. The molecule has 2 atom stereocenters. The number of ether oxygens (including phenoxy) is 3. The fourth-order valence-electron chi connectivity index (χ4n) is 2.19. The van der Waals surface area contributed by atoms with E-state index in [1.54, 1.807) is 32.2 Å². The van der Waals surface area contributed by atoms with Gasteiger partial charge >= 0.3 is 0 Å². The lowest BCUT2D eigenvalue weighted by atomic mass is 9.97. The first-order valence-electron chi connectivity index (χ1n) is 6.91. The van der Waals surface area contributed by atoms with Crippen molar-refractivity contribution in [2.45, 2.75) is 25.0 Å². The van der Waals surface area contributed by atoms with Crippen molar-refractivity contribution in [1.29, 1.82) is 0 Å². The second kappa shape index (κ2) is 6.78. The summed E-state index contributed by atoms with van der Waals surface area (Å²) in [6.45, 7) is 2.32. The summed E-state index contributed by atoms with van der Waals surface area (Å²) in [5.41, 5.74) is -1.000. The first-order chi connectivity index (χ1) is 10.0. The van der Waals surface area contributed by atoms with Crippen LogP contribution in [0.15, 0.2) is 24.3 Å². The molecule has 6 nitrogen and oxygen atoms in total. The van der Waals surface area contributed by atoms with Crippen molar-refractivity contribution in [2.24, 2.45) is 0 Å². The zero-order valence-electron chi connectivity index (χ0n) is 12.3. The summed E-state index contributed by atoms with van der Waals surface area (Å²) in [6, 6.07) is 7.11. The first-order valence-corrected chi connectivity index (χ1v) is 6.91. The number of carbonyl (C=O) groups is 1. The van der Waals surface area contributed by atoms with Gasteiger partial charge in [-0.1, -0.05) is 12.1 Å².